The number of aromatic amines is 1. The van der Waals surface area contributed by atoms with Gasteiger partial charge in [-0.1, -0.05) is 0 Å². The summed E-state index contributed by atoms with van der Waals surface area (Å²) in [5.41, 5.74) is 6.79. The summed E-state index contributed by atoms with van der Waals surface area (Å²) in [5, 5.41) is 0. The number of aromatic nitrogens is 1. The molecular weight excluding hydrogens is 150 g/mol. The molecule has 66 valence electrons. The molecule has 0 bridgehead atoms. The van der Waals surface area contributed by atoms with Crippen LogP contribution in [0.4, 0.5) is 0 Å². The predicted molar refractivity (Wildman–Crippen MR) is 48.5 cm³/mol. The third-order valence-electron chi connectivity index (χ3n) is 2.46. The largest absolute Gasteiger partial charge is 0.361 e. The summed E-state index contributed by atoms with van der Waals surface area (Å²) in [7, 11) is 0. The Labute approximate surface area is 72.3 Å². The zero-order valence-electron chi connectivity index (χ0n) is 7.19. The van der Waals surface area contributed by atoms with Gasteiger partial charge in [0, 0.05) is 17.9 Å². The van der Waals surface area contributed by atoms with Crippen molar-refractivity contribution in [2.45, 2.75) is 32.2 Å². The molecule has 12 heavy (non-hydrogen) atoms. The second kappa shape index (κ2) is 3.29. The molecule has 3 heteroatoms. The standard InChI is InChI=1S/C9H15N3/c10-11-6-8-5-7-3-1-2-4-9(7)12-8/h5,11-12H,1-4,6,10H2. The third-order valence-corrected chi connectivity index (χ3v) is 2.46. The number of fused-ring (bicyclic) bond motifs is 1. The highest BCUT2D eigenvalue weighted by molar-refractivity contribution is 5.27. The molecule has 0 saturated heterocycles. The first-order chi connectivity index (χ1) is 5.90. The Bertz CT molecular complexity index is 241. The summed E-state index contributed by atoms with van der Waals surface area (Å²) in [5.74, 6) is 5.25. The van der Waals surface area contributed by atoms with Gasteiger partial charge in [0.15, 0.2) is 0 Å². The average Bonchev–Trinajstić information content (AvgIpc) is 2.47. The van der Waals surface area contributed by atoms with Crippen molar-refractivity contribution in [1.82, 2.24) is 10.4 Å². The van der Waals surface area contributed by atoms with Crippen molar-refractivity contribution < 1.29 is 0 Å². The van der Waals surface area contributed by atoms with Crippen molar-refractivity contribution in [2.75, 3.05) is 0 Å². The van der Waals surface area contributed by atoms with E-state index < -0.39 is 0 Å². The topological polar surface area (TPSA) is 53.8 Å². The van der Waals surface area contributed by atoms with Crippen LogP contribution in [0.3, 0.4) is 0 Å². The lowest BCUT2D eigenvalue weighted by atomic mass is 9.98. The highest BCUT2D eigenvalue weighted by Gasteiger charge is 2.11. The molecular formula is C9H15N3. The minimum atomic E-state index is 0.743. The molecule has 0 amide bonds. The van der Waals surface area contributed by atoms with Crippen LogP contribution >= 0.6 is 0 Å². The molecule has 0 fully saturated rings. The van der Waals surface area contributed by atoms with E-state index in [2.05, 4.69) is 16.5 Å². The van der Waals surface area contributed by atoms with E-state index >= 15 is 0 Å². The summed E-state index contributed by atoms with van der Waals surface area (Å²) >= 11 is 0. The maximum Gasteiger partial charge on any atom is 0.0499 e. The van der Waals surface area contributed by atoms with Crippen LogP contribution in [-0.4, -0.2) is 4.98 Å². The molecule has 0 aliphatic heterocycles. The molecule has 2 rings (SSSR count). The Hall–Kier alpha value is -0.800. The van der Waals surface area contributed by atoms with Gasteiger partial charge in [0.25, 0.3) is 0 Å². The quantitative estimate of drug-likeness (QED) is 0.449. The maximum absolute atomic E-state index is 5.25. The molecule has 1 aromatic heterocycles. The summed E-state index contributed by atoms with van der Waals surface area (Å²) in [6.45, 7) is 0.743. The molecule has 0 radical (unpaired) electrons. The van der Waals surface area contributed by atoms with Gasteiger partial charge in [0.1, 0.15) is 0 Å². The summed E-state index contributed by atoms with van der Waals surface area (Å²) in [6.07, 6.45) is 5.10. The zero-order chi connectivity index (χ0) is 8.39. The monoisotopic (exact) mass is 165 g/mol. The fourth-order valence-electron chi connectivity index (χ4n) is 1.88. The van der Waals surface area contributed by atoms with E-state index in [0.29, 0.717) is 0 Å². The first kappa shape index (κ1) is 7.83. The molecule has 1 aromatic rings. The van der Waals surface area contributed by atoms with Crippen molar-refractivity contribution in [2.24, 2.45) is 5.84 Å². The number of nitrogens with two attached hydrogens (primary N) is 1. The van der Waals surface area contributed by atoms with E-state index in [4.69, 9.17) is 5.84 Å². The van der Waals surface area contributed by atoms with E-state index in [9.17, 15) is 0 Å². The molecule has 3 nitrogen and oxygen atoms in total. The molecule has 0 saturated carbocycles. The van der Waals surface area contributed by atoms with Gasteiger partial charge in [-0.25, -0.2) is 0 Å². The van der Waals surface area contributed by atoms with Crippen LogP contribution in [0.5, 0.6) is 0 Å². The summed E-state index contributed by atoms with van der Waals surface area (Å²) in [6, 6.07) is 2.23. The molecule has 0 aromatic carbocycles. The van der Waals surface area contributed by atoms with Gasteiger partial charge in [-0.15, -0.1) is 0 Å². The van der Waals surface area contributed by atoms with Crippen molar-refractivity contribution >= 4 is 0 Å². The van der Waals surface area contributed by atoms with Crippen molar-refractivity contribution in [1.29, 1.82) is 0 Å². The van der Waals surface area contributed by atoms with Crippen LogP contribution in [0.1, 0.15) is 29.8 Å². The van der Waals surface area contributed by atoms with Crippen LogP contribution in [0.25, 0.3) is 0 Å². The number of hydrazine groups is 1. The second-order valence-electron chi connectivity index (χ2n) is 3.39. The normalized spacial score (nSPS) is 16.1. The lowest BCUT2D eigenvalue weighted by Crippen LogP contribution is -2.20. The number of aryl methyl sites for hydroxylation is 2. The van der Waals surface area contributed by atoms with Gasteiger partial charge < -0.3 is 4.98 Å². The smallest absolute Gasteiger partial charge is 0.0499 e. The SMILES string of the molecule is NNCc1cc2c([nH]1)CCCC2. The minimum absolute atomic E-state index is 0.743. The second-order valence-corrected chi connectivity index (χ2v) is 3.39. The fraction of sp³-hybridized carbons (Fsp3) is 0.556. The van der Waals surface area contributed by atoms with Crippen LogP contribution in [0.2, 0.25) is 0 Å². The van der Waals surface area contributed by atoms with Crippen molar-refractivity contribution in [3.63, 3.8) is 0 Å². The number of hydrogen-bond acceptors (Lipinski definition) is 2. The molecule has 0 unspecified atom stereocenters. The van der Waals surface area contributed by atoms with Crippen molar-refractivity contribution in [3.05, 3.63) is 23.0 Å². The number of H-pyrrole nitrogens is 1. The summed E-state index contributed by atoms with van der Waals surface area (Å²) in [4.78, 5) is 3.39. The fourth-order valence-corrected chi connectivity index (χ4v) is 1.88. The van der Waals surface area contributed by atoms with Crippen LogP contribution < -0.4 is 11.3 Å². The van der Waals surface area contributed by atoms with E-state index in [-0.39, 0.29) is 0 Å². The van der Waals surface area contributed by atoms with Crippen molar-refractivity contribution in [3.8, 4) is 0 Å². The highest BCUT2D eigenvalue weighted by Crippen LogP contribution is 2.21. The Morgan fingerprint density at radius 2 is 2.25 bits per heavy atom. The first-order valence-corrected chi connectivity index (χ1v) is 4.53. The summed E-state index contributed by atoms with van der Waals surface area (Å²) < 4.78 is 0. The molecule has 1 aliphatic carbocycles. The number of hydrogen-bond donors (Lipinski definition) is 3. The minimum Gasteiger partial charge on any atom is -0.361 e. The maximum atomic E-state index is 5.25. The molecule has 1 heterocycles. The van der Waals surface area contributed by atoms with Gasteiger partial charge in [-0.3, -0.25) is 11.3 Å². The van der Waals surface area contributed by atoms with E-state index in [1.807, 2.05) is 0 Å². The van der Waals surface area contributed by atoms with E-state index in [0.717, 1.165) is 6.54 Å². The number of nitrogens with one attached hydrogen (secondary N) is 2. The molecule has 1 aliphatic rings. The van der Waals surface area contributed by atoms with Gasteiger partial charge >= 0.3 is 0 Å². The van der Waals surface area contributed by atoms with Gasteiger partial charge in [-0.05, 0) is 37.3 Å². The average molecular weight is 165 g/mol. The first-order valence-electron chi connectivity index (χ1n) is 4.53. The van der Waals surface area contributed by atoms with E-state index in [1.165, 1.54) is 42.6 Å². The Balaban J connectivity index is 2.20. The van der Waals surface area contributed by atoms with Gasteiger partial charge in [0.2, 0.25) is 0 Å². The van der Waals surface area contributed by atoms with Gasteiger partial charge in [-0.2, -0.15) is 0 Å². The lowest BCUT2D eigenvalue weighted by molar-refractivity contribution is 0.673. The van der Waals surface area contributed by atoms with Gasteiger partial charge in [0.05, 0.1) is 0 Å². The predicted octanol–water partition coefficient (Wildman–Crippen LogP) is 0.857. The molecule has 4 N–H and O–H groups in total. The Morgan fingerprint density at radius 3 is 3.00 bits per heavy atom. The highest BCUT2D eigenvalue weighted by atomic mass is 15.2. The number of rotatable bonds is 2. The van der Waals surface area contributed by atoms with Crippen LogP contribution in [0, 0.1) is 0 Å². The van der Waals surface area contributed by atoms with E-state index in [1.54, 1.807) is 0 Å². The molecule has 0 spiro atoms. The Kier molecular flexibility index (Phi) is 2.15. The lowest BCUT2D eigenvalue weighted by Gasteiger charge is -2.09. The van der Waals surface area contributed by atoms with Crippen LogP contribution in [0.15, 0.2) is 6.07 Å². The zero-order valence-corrected chi connectivity index (χ0v) is 7.19. The molecule has 0 atom stereocenters. The third kappa shape index (κ3) is 1.38. The van der Waals surface area contributed by atoms with Crippen LogP contribution in [-0.2, 0) is 19.4 Å². The Morgan fingerprint density at radius 1 is 1.42 bits per heavy atom.